The molecule has 0 spiro atoms. The van der Waals surface area contributed by atoms with Crippen LogP contribution in [0.4, 0.5) is 22.1 Å². The summed E-state index contributed by atoms with van der Waals surface area (Å²) in [5, 5.41) is 23.6. The standard InChI is InChI=1S/C22H25N9O4/c1-22(2,3)35-21(32)31-5-7-33-15(13-31)11-26-16-8-17(28-18-12-25-14(9-23)10-27-18)29-30-19(16)20-24-4-6-34-20/h4,6,8,10,12,15H,5,7,11,13H2,1-3H3,(H2,26,27,28,29). The average molecular weight is 480 g/mol. The van der Waals surface area contributed by atoms with E-state index in [-0.39, 0.29) is 17.9 Å². The summed E-state index contributed by atoms with van der Waals surface area (Å²) >= 11 is 0. The summed E-state index contributed by atoms with van der Waals surface area (Å²) in [4.78, 5) is 26.4. The number of aromatic nitrogens is 5. The van der Waals surface area contributed by atoms with Gasteiger partial charge in [0.15, 0.2) is 17.2 Å². The molecule has 4 rings (SSSR count). The van der Waals surface area contributed by atoms with Gasteiger partial charge in [-0.15, -0.1) is 10.2 Å². The molecule has 13 nitrogen and oxygen atoms in total. The fourth-order valence-corrected chi connectivity index (χ4v) is 3.23. The number of ether oxygens (including phenoxy) is 2. The number of hydrogen-bond acceptors (Lipinski definition) is 12. The van der Waals surface area contributed by atoms with Crippen molar-refractivity contribution < 1.29 is 18.7 Å². The maximum Gasteiger partial charge on any atom is 0.410 e. The van der Waals surface area contributed by atoms with Gasteiger partial charge in [-0.25, -0.2) is 19.7 Å². The van der Waals surface area contributed by atoms with Crippen molar-refractivity contribution in [2.45, 2.75) is 32.5 Å². The van der Waals surface area contributed by atoms with Gasteiger partial charge in [0.2, 0.25) is 5.89 Å². The van der Waals surface area contributed by atoms with Gasteiger partial charge < -0.3 is 29.4 Å². The van der Waals surface area contributed by atoms with Gasteiger partial charge in [0.05, 0.1) is 43.5 Å². The van der Waals surface area contributed by atoms with E-state index in [4.69, 9.17) is 19.2 Å². The second-order valence-corrected chi connectivity index (χ2v) is 8.65. The molecule has 1 saturated heterocycles. The maximum absolute atomic E-state index is 12.5. The molecule has 13 heteroatoms. The van der Waals surface area contributed by atoms with Gasteiger partial charge in [0.25, 0.3) is 0 Å². The third-order valence-electron chi connectivity index (χ3n) is 4.76. The van der Waals surface area contributed by atoms with Gasteiger partial charge in [0, 0.05) is 19.2 Å². The molecule has 2 N–H and O–H groups in total. The van der Waals surface area contributed by atoms with E-state index < -0.39 is 5.60 Å². The third-order valence-corrected chi connectivity index (χ3v) is 4.76. The highest BCUT2D eigenvalue weighted by atomic mass is 16.6. The summed E-state index contributed by atoms with van der Waals surface area (Å²) in [6, 6.07) is 3.64. The Morgan fingerprint density at radius 1 is 1.26 bits per heavy atom. The van der Waals surface area contributed by atoms with E-state index in [1.807, 2.05) is 26.8 Å². The molecule has 4 heterocycles. The molecular weight excluding hydrogens is 454 g/mol. The monoisotopic (exact) mass is 479 g/mol. The molecule has 3 aromatic rings. The molecule has 0 aromatic carbocycles. The molecule has 1 aliphatic rings. The number of carbonyl (C=O) groups is 1. The van der Waals surface area contributed by atoms with E-state index in [0.29, 0.717) is 55.1 Å². The lowest BCUT2D eigenvalue weighted by molar-refractivity contribution is -0.0371. The third kappa shape index (κ3) is 6.39. The topological polar surface area (TPSA) is 164 Å². The zero-order valence-corrected chi connectivity index (χ0v) is 19.6. The van der Waals surface area contributed by atoms with Crippen LogP contribution >= 0.6 is 0 Å². The lowest BCUT2D eigenvalue weighted by atomic mass is 10.2. The van der Waals surface area contributed by atoms with Gasteiger partial charge in [-0.1, -0.05) is 0 Å². The minimum absolute atomic E-state index is 0.205. The van der Waals surface area contributed by atoms with Gasteiger partial charge in [0.1, 0.15) is 23.8 Å². The predicted molar refractivity (Wildman–Crippen MR) is 124 cm³/mol. The van der Waals surface area contributed by atoms with Gasteiger partial charge in [-0.05, 0) is 20.8 Å². The summed E-state index contributed by atoms with van der Waals surface area (Å²) in [5.74, 6) is 1.09. The number of anilines is 3. The normalized spacial score (nSPS) is 15.8. The molecule has 35 heavy (non-hydrogen) atoms. The first-order chi connectivity index (χ1) is 16.8. The Bertz CT molecular complexity index is 1190. The van der Waals surface area contributed by atoms with Crippen LogP contribution in [0.1, 0.15) is 26.5 Å². The van der Waals surface area contributed by atoms with Crippen LogP contribution < -0.4 is 10.6 Å². The second-order valence-electron chi connectivity index (χ2n) is 8.65. The number of nitriles is 1. The van der Waals surface area contributed by atoms with E-state index in [0.717, 1.165) is 0 Å². The molecule has 1 atom stereocenters. The number of amides is 1. The number of oxazole rings is 1. The first-order valence-electron chi connectivity index (χ1n) is 10.9. The maximum atomic E-state index is 12.5. The van der Waals surface area contributed by atoms with Crippen molar-refractivity contribution in [3.63, 3.8) is 0 Å². The van der Waals surface area contributed by atoms with E-state index in [9.17, 15) is 4.79 Å². The molecule has 0 saturated carbocycles. The van der Waals surface area contributed by atoms with Crippen molar-refractivity contribution in [3.05, 3.63) is 36.6 Å². The molecule has 1 fully saturated rings. The van der Waals surface area contributed by atoms with Crippen LogP contribution in [0.5, 0.6) is 0 Å². The van der Waals surface area contributed by atoms with Crippen LogP contribution in [0, 0.1) is 11.3 Å². The zero-order chi connectivity index (χ0) is 24.8. The Hall–Kier alpha value is -4.31. The number of morpholine rings is 1. The Labute approximate surface area is 201 Å². The van der Waals surface area contributed by atoms with Gasteiger partial charge >= 0.3 is 6.09 Å². The molecule has 0 bridgehead atoms. The highest BCUT2D eigenvalue weighted by molar-refractivity contribution is 5.72. The van der Waals surface area contributed by atoms with Crippen LogP contribution in [0.15, 0.2) is 35.3 Å². The molecule has 0 radical (unpaired) electrons. The summed E-state index contributed by atoms with van der Waals surface area (Å²) in [6.07, 6.45) is 5.10. The number of rotatable bonds is 6. The smallest absolute Gasteiger partial charge is 0.410 e. The van der Waals surface area contributed by atoms with E-state index in [1.165, 1.54) is 24.9 Å². The average Bonchev–Trinajstić information content (AvgIpc) is 3.37. The fourth-order valence-electron chi connectivity index (χ4n) is 3.23. The first kappa shape index (κ1) is 23.8. The second kappa shape index (κ2) is 10.3. The zero-order valence-electron chi connectivity index (χ0n) is 19.6. The van der Waals surface area contributed by atoms with Crippen LogP contribution in [0.25, 0.3) is 11.6 Å². The molecule has 0 aliphatic carbocycles. The highest BCUT2D eigenvalue weighted by Gasteiger charge is 2.28. The Morgan fingerprint density at radius 3 is 2.80 bits per heavy atom. The minimum Gasteiger partial charge on any atom is -0.444 e. The SMILES string of the molecule is CC(C)(C)OC(=O)N1CCOC(CNc2cc(Nc3cnc(C#N)cn3)nnc2-c2ncco2)C1. The Kier molecular flexibility index (Phi) is 7.02. The highest BCUT2D eigenvalue weighted by Crippen LogP contribution is 2.27. The van der Waals surface area contributed by atoms with Crippen LogP contribution in [-0.2, 0) is 9.47 Å². The number of hydrogen-bond donors (Lipinski definition) is 2. The van der Waals surface area contributed by atoms with Crippen molar-refractivity contribution in [1.82, 2.24) is 30.0 Å². The van der Waals surface area contributed by atoms with Crippen molar-refractivity contribution >= 4 is 23.4 Å². The fraction of sp³-hybridized carbons (Fsp3) is 0.409. The lowest BCUT2D eigenvalue weighted by Crippen LogP contribution is -2.49. The number of nitrogens with zero attached hydrogens (tertiary/aromatic N) is 7. The molecule has 1 aliphatic heterocycles. The van der Waals surface area contributed by atoms with Crippen molar-refractivity contribution in [1.29, 1.82) is 5.26 Å². The van der Waals surface area contributed by atoms with Gasteiger partial charge in [-0.3, -0.25) is 0 Å². The van der Waals surface area contributed by atoms with Crippen LogP contribution in [0.3, 0.4) is 0 Å². The summed E-state index contributed by atoms with van der Waals surface area (Å²) < 4.78 is 16.7. The lowest BCUT2D eigenvalue weighted by Gasteiger charge is -2.34. The molecule has 3 aromatic heterocycles. The summed E-state index contributed by atoms with van der Waals surface area (Å²) in [6.45, 7) is 7.12. The van der Waals surface area contributed by atoms with Crippen molar-refractivity contribution in [2.24, 2.45) is 0 Å². The quantitative estimate of drug-likeness (QED) is 0.531. The minimum atomic E-state index is -0.570. The summed E-state index contributed by atoms with van der Waals surface area (Å²) in [7, 11) is 0. The molecule has 182 valence electrons. The van der Waals surface area contributed by atoms with E-state index in [2.05, 4.69) is 35.8 Å². The van der Waals surface area contributed by atoms with Crippen molar-refractivity contribution in [3.8, 4) is 17.7 Å². The predicted octanol–water partition coefficient (Wildman–Crippen LogP) is 2.58. The number of carbonyl (C=O) groups excluding carboxylic acids is 1. The van der Waals surface area contributed by atoms with Crippen LogP contribution in [0.2, 0.25) is 0 Å². The molecular formula is C22H25N9O4. The van der Waals surface area contributed by atoms with Crippen molar-refractivity contribution in [2.75, 3.05) is 36.9 Å². The molecule has 1 unspecified atom stereocenters. The van der Waals surface area contributed by atoms with E-state index >= 15 is 0 Å². The summed E-state index contributed by atoms with van der Waals surface area (Å²) in [5.41, 5.74) is 0.631. The largest absolute Gasteiger partial charge is 0.444 e. The van der Waals surface area contributed by atoms with Crippen LogP contribution in [-0.4, -0.2) is 74.1 Å². The Balaban J connectivity index is 1.47. The van der Waals surface area contributed by atoms with Gasteiger partial charge in [-0.2, -0.15) is 5.26 Å². The number of nitrogens with one attached hydrogen (secondary N) is 2. The first-order valence-corrected chi connectivity index (χ1v) is 10.9. The molecule has 1 amide bonds. The Morgan fingerprint density at radius 2 is 2.11 bits per heavy atom. The van der Waals surface area contributed by atoms with E-state index in [1.54, 1.807) is 11.0 Å².